The maximum atomic E-state index is 12.7. The summed E-state index contributed by atoms with van der Waals surface area (Å²) in [5.41, 5.74) is 0.906. The van der Waals surface area contributed by atoms with E-state index in [4.69, 9.17) is 31.0 Å². The van der Waals surface area contributed by atoms with E-state index < -0.39 is 16.1 Å². The minimum atomic E-state index is -4.05. The number of anilines is 1. The highest BCUT2D eigenvalue weighted by Crippen LogP contribution is 2.41. The summed E-state index contributed by atoms with van der Waals surface area (Å²) in [7, 11) is 0.245. The van der Waals surface area contributed by atoms with Crippen LogP contribution in [0.25, 0.3) is 0 Å². The Bertz CT molecular complexity index is 1160. The Morgan fingerprint density at radius 1 is 1.21 bits per heavy atom. The SMILES string of the molecule is COC(=O)CN1C(=S)N(C)C(=O)/C1=C\C=C1/Oc2cc(OC)ccc2N1CCCCS(=O)(=O)O. The van der Waals surface area contributed by atoms with Crippen LogP contribution >= 0.6 is 12.2 Å². The smallest absolute Gasteiger partial charge is 0.325 e. The number of carbonyl (C=O) groups is 2. The fraction of sp³-hybridized carbons (Fsp3) is 0.381. The van der Waals surface area contributed by atoms with Gasteiger partial charge < -0.3 is 24.0 Å². The van der Waals surface area contributed by atoms with Crippen LogP contribution in [0.2, 0.25) is 0 Å². The summed E-state index contributed by atoms with van der Waals surface area (Å²) in [6, 6.07) is 5.28. The molecule has 13 heteroatoms. The Kier molecular flexibility index (Phi) is 7.79. The molecule has 0 saturated carbocycles. The predicted octanol–water partition coefficient (Wildman–Crippen LogP) is 1.52. The maximum Gasteiger partial charge on any atom is 0.325 e. The molecule has 11 nitrogen and oxygen atoms in total. The number of methoxy groups -OCH3 is 2. The average molecular weight is 512 g/mol. The van der Waals surface area contributed by atoms with Gasteiger partial charge in [-0.05, 0) is 43.3 Å². The molecule has 0 unspecified atom stereocenters. The first-order valence-electron chi connectivity index (χ1n) is 10.2. The van der Waals surface area contributed by atoms with Crippen molar-refractivity contribution in [3.8, 4) is 11.5 Å². The zero-order chi connectivity index (χ0) is 25.0. The van der Waals surface area contributed by atoms with Gasteiger partial charge in [0.25, 0.3) is 16.0 Å². The molecule has 1 aromatic rings. The second-order valence-electron chi connectivity index (χ2n) is 7.45. The number of rotatable bonds is 9. The lowest BCUT2D eigenvalue weighted by Gasteiger charge is -2.18. The number of allylic oxidation sites excluding steroid dienone is 2. The van der Waals surface area contributed by atoms with Gasteiger partial charge in [0.05, 0.1) is 25.7 Å². The molecule has 0 aromatic heterocycles. The summed E-state index contributed by atoms with van der Waals surface area (Å²) in [6.07, 6.45) is 3.78. The normalized spacial score (nSPS) is 18.1. The second kappa shape index (κ2) is 10.4. The number of esters is 1. The number of unbranched alkanes of at least 4 members (excludes halogenated alkanes) is 1. The highest BCUT2D eigenvalue weighted by Gasteiger charge is 2.37. The van der Waals surface area contributed by atoms with Crippen LogP contribution in [-0.4, -0.2) is 79.9 Å². The number of hydrogen-bond acceptors (Lipinski definition) is 9. The van der Waals surface area contributed by atoms with E-state index in [0.29, 0.717) is 30.3 Å². The third-order valence-electron chi connectivity index (χ3n) is 5.20. The number of benzene rings is 1. The van der Waals surface area contributed by atoms with Gasteiger partial charge in [-0.25, -0.2) is 0 Å². The first-order valence-corrected chi connectivity index (χ1v) is 12.2. The number of fused-ring (bicyclic) bond motifs is 1. The van der Waals surface area contributed by atoms with Crippen LogP contribution in [-0.2, 0) is 24.4 Å². The number of hydrogen-bond donors (Lipinski definition) is 1. The van der Waals surface area contributed by atoms with E-state index >= 15 is 0 Å². The van der Waals surface area contributed by atoms with Crippen molar-refractivity contribution >= 4 is 45.0 Å². The van der Waals surface area contributed by atoms with Crippen molar-refractivity contribution in [2.24, 2.45) is 0 Å². The second-order valence-corrected chi connectivity index (χ2v) is 9.38. The van der Waals surface area contributed by atoms with Crippen LogP contribution in [0.4, 0.5) is 5.69 Å². The van der Waals surface area contributed by atoms with E-state index in [9.17, 15) is 18.0 Å². The molecule has 0 aliphatic carbocycles. The molecule has 1 aromatic carbocycles. The lowest BCUT2D eigenvalue weighted by Crippen LogP contribution is -2.33. The molecule has 2 aliphatic heterocycles. The molecule has 0 spiro atoms. The molecule has 0 radical (unpaired) electrons. The molecule has 1 amide bonds. The summed E-state index contributed by atoms with van der Waals surface area (Å²) < 4.78 is 46.9. The summed E-state index contributed by atoms with van der Waals surface area (Å²) in [5.74, 6) is 0.209. The molecule has 1 saturated heterocycles. The number of thiocarbonyl (C=S) groups is 1. The Hall–Kier alpha value is -3.16. The van der Waals surface area contributed by atoms with Crippen molar-refractivity contribution in [3.63, 3.8) is 0 Å². The number of carbonyl (C=O) groups excluding carboxylic acids is 2. The monoisotopic (exact) mass is 511 g/mol. The fourth-order valence-corrected chi connectivity index (χ4v) is 4.25. The van der Waals surface area contributed by atoms with Crippen molar-refractivity contribution in [1.29, 1.82) is 0 Å². The Labute approximate surface area is 202 Å². The van der Waals surface area contributed by atoms with Gasteiger partial charge in [-0.1, -0.05) is 0 Å². The molecule has 0 bridgehead atoms. The first-order chi connectivity index (χ1) is 16.1. The van der Waals surface area contributed by atoms with Crippen molar-refractivity contribution < 1.29 is 36.8 Å². The van der Waals surface area contributed by atoms with Crippen molar-refractivity contribution in [2.45, 2.75) is 12.8 Å². The zero-order valence-electron chi connectivity index (χ0n) is 18.9. The maximum absolute atomic E-state index is 12.7. The number of ether oxygens (including phenoxy) is 3. The van der Waals surface area contributed by atoms with Gasteiger partial charge in [-0.2, -0.15) is 8.42 Å². The number of nitrogens with zero attached hydrogens (tertiary/aromatic N) is 3. The van der Waals surface area contributed by atoms with Crippen molar-refractivity contribution in [1.82, 2.24) is 9.80 Å². The third-order valence-corrected chi connectivity index (χ3v) is 6.50. The molecular weight excluding hydrogens is 486 g/mol. The molecule has 34 heavy (non-hydrogen) atoms. The van der Waals surface area contributed by atoms with E-state index in [2.05, 4.69) is 0 Å². The van der Waals surface area contributed by atoms with Gasteiger partial charge >= 0.3 is 5.97 Å². The summed E-state index contributed by atoms with van der Waals surface area (Å²) in [6.45, 7) is 0.167. The van der Waals surface area contributed by atoms with Gasteiger partial charge in [-0.3, -0.25) is 19.0 Å². The standard InChI is InChI=1S/C21H25N3O8S2/c1-22-20(26)16(24(21(22)33)13-19(25)31-3)8-9-18-23(10-4-5-11-34(27,28)29)15-7-6-14(30-2)12-17(15)32-18/h6-9,12H,4-5,10-11,13H2,1-3H3,(H,27,28,29)/b16-8+,18-9-. The van der Waals surface area contributed by atoms with Crippen LogP contribution in [0.15, 0.2) is 41.9 Å². The summed E-state index contributed by atoms with van der Waals surface area (Å²) >= 11 is 5.28. The van der Waals surface area contributed by atoms with E-state index in [1.807, 2.05) is 4.90 Å². The summed E-state index contributed by atoms with van der Waals surface area (Å²) in [4.78, 5) is 28.9. The molecule has 184 valence electrons. The van der Waals surface area contributed by atoms with Crippen LogP contribution in [0.3, 0.4) is 0 Å². The van der Waals surface area contributed by atoms with Gasteiger partial charge in [-0.15, -0.1) is 0 Å². The van der Waals surface area contributed by atoms with E-state index in [-0.39, 0.29) is 35.4 Å². The topological polar surface area (TPSA) is 126 Å². The van der Waals surface area contributed by atoms with Crippen LogP contribution in [0, 0.1) is 0 Å². The van der Waals surface area contributed by atoms with Crippen LogP contribution in [0.1, 0.15) is 12.8 Å². The Balaban J connectivity index is 1.90. The minimum Gasteiger partial charge on any atom is -0.497 e. The van der Waals surface area contributed by atoms with Gasteiger partial charge in [0.2, 0.25) is 5.88 Å². The molecule has 2 heterocycles. The molecule has 1 fully saturated rings. The van der Waals surface area contributed by atoms with Gasteiger partial charge in [0.1, 0.15) is 18.0 Å². The van der Waals surface area contributed by atoms with Crippen molar-refractivity contribution in [3.05, 3.63) is 41.9 Å². The van der Waals surface area contributed by atoms with Crippen LogP contribution < -0.4 is 14.4 Å². The third kappa shape index (κ3) is 5.66. The predicted molar refractivity (Wildman–Crippen MR) is 127 cm³/mol. The van der Waals surface area contributed by atoms with Crippen molar-refractivity contribution in [2.75, 3.05) is 45.0 Å². The number of amides is 1. The fourth-order valence-electron chi connectivity index (χ4n) is 3.44. The lowest BCUT2D eigenvalue weighted by atomic mass is 10.2. The Morgan fingerprint density at radius 3 is 2.59 bits per heavy atom. The molecule has 0 atom stereocenters. The first kappa shape index (κ1) is 25.5. The molecule has 2 aliphatic rings. The quantitative estimate of drug-likeness (QED) is 0.170. The van der Waals surface area contributed by atoms with Crippen LogP contribution in [0.5, 0.6) is 11.5 Å². The zero-order valence-corrected chi connectivity index (χ0v) is 20.5. The molecule has 3 rings (SSSR count). The highest BCUT2D eigenvalue weighted by molar-refractivity contribution is 7.85. The Morgan fingerprint density at radius 2 is 1.94 bits per heavy atom. The van der Waals surface area contributed by atoms with Gasteiger partial charge in [0, 0.05) is 25.7 Å². The highest BCUT2D eigenvalue weighted by atomic mass is 32.2. The lowest BCUT2D eigenvalue weighted by molar-refractivity contribution is -0.140. The average Bonchev–Trinajstić information content (AvgIpc) is 3.24. The summed E-state index contributed by atoms with van der Waals surface area (Å²) in [5, 5.41) is 0.169. The van der Waals surface area contributed by atoms with E-state index in [1.165, 1.54) is 37.1 Å². The molecular formula is C21H25N3O8S2. The largest absolute Gasteiger partial charge is 0.497 e. The number of likely N-dealkylation sites (N-methyl/N-ethyl adjacent to an activating group) is 1. The minimum absolute atomic E-state index is 0.169. The van der Waals surface area contributed by atoms with E-state index in [1.54, 1.807) is 24.3 Å². The van der Waals surface area contributed by atoms with E-state index in [0.717, 1.165) is 5.69 Å². The van der Waals surface area contributed by atoms with Gasteiger partial charge in [0.15, 0.2) is 10.9 Å². The molecule has 1 N–H and O–H groups in total.